The third-order valence-electron chi connectivity index (χ3n) is 7.54. The van der Waals surface area contributed by atoms with Crippen LogP contribution in [0.1, 0.15) is 24.0 Å². The van der Waals surface area contributed by atoms with Crippen LogP contribution in [0.3, 0.4) is 0 Å². The van der Waals surface area contributed by atoms with Crippen LogP contribution in [0.15, 0.2) is 70.5 Å². The number of fused-ring (bicyclic) bond motifs is 3. The molecule has 1 saturated heterocycles. The van der Waals surface area contributed by atoms with Gasteiger partial charge in [0.05, 0.1) is 41.8 Å². The zero-order valence-corrected chi connectivity index (χ0v) is 23.4. The molecule has 1 unspecified atom stereocenters. The quantitative estimate of drug-likeness (QED) is 0.350. The SMILES string of the molecule is COc1ccc(S(=O)(=O)[C@@]23CCO[C@@H](CCOS(=O)(=O)c4ccc(C)cc4)C2COc2c(F)ccc(F)c23)cc1. The first-order valence-corrected chi connectivity index (χ1v) is 15.5. The lowest BCUT2D eigenvalue weighted by atomic mass is 9.75. The molecular weight excluding hydrogens is 566 g/mol. The highest BCUT2D eigenvalue weighted by atomic mass is 32.2. The van der Waals surface area contributed by atoms with Crippen molar-refractivity contribution in [1.82, 2.24) is 0 Å². The van der Waals surface area contributed by atoms with Gasteiger partial charge in [-0.3, -0.25) is 4.18 Å². The highest BCUT2D eigenvalue weighted by molar-refractivity contribution is 7.92. The van der Waals surface area contributed by atoms with Gasteiger partial charge in [-0.05, 0) is 68.3 Å². The summed E-state index contributed by atoms with van der Waals surface area (Å²) in [6.07, 6.45) is -1.10. The van der Waals surface area contributed by atoms with E-state index in [1.807, 2.05) is 6.92 Å². The van der Waals surface area contributed by atoms with Gasteiger partial charge >= 0.3 is 0 Å². The molecular formula is C28H28F2O8S2. The molecule has 0 aliphatic carbocycles. The zero-order valence-electron chi connectivity index (χ0n) is 21.8. The number of hydrogen-bond acceptors (Lipinski definition) is 8. The summed E-state index contributed by atoms with van der Waals surface area (Å²) in [6.45, 7) is 1.10. The fourth-order valence-corrected chi connectivity index (χ4v) is 8.79. The Hall–Kier alpha value is -3.06. The van der Waals surface area contributed by atoms with Gasteiger partial charge in [0.25, 0.3) is 10.1 Å². The van der Waals surface area contributed by atoms with Gasteiger partial charge < -0.3 is 14.2 Å². The molecule has 0 amide bonds. The maximum absolute atomic E-state index is 15.5. The summed E-state index contributed by atoms with van der Waals surface area (Å²) in [5, 5.41) is 0. The summed E-state index contributed by atoms with van der Waals surface area (Å²) >= 11 is 0. The van der Waals surface area contributed by atoms with E-state index in [0.29, 0.717) is 5.75 Å². The molecule has 2 aliphatic heterocycles. The van der Waals surface area contributed by atoms with Gasteiger partial charge in [-0.15, -0.1) is 0 Å². The van der Waals surface area contributed by atoms with Gasteiger partial charge in [-0.25, -0.2) is 17.2 Å². The Labute approximate surface area is 231 Å². The van der Waals surface area contributed by atoms with E-state index >= 15 is 4.39 Å². The van der Waals surface area contributed by atoms with Crippen molar-refractivity contribution >= 4 is 20.0 Å². The molecule has 3 aromatic carbocycles. The van der Waals surface area contributed by atoms with Crippen molar-refractivity contribution in [2.75, 3.05) is 26.9 Å². The van der Waals surface area contributed by atoms with Crippen LogP contribution in [0.4, 0.5) is 8.78 Å². The smallest absolute Gasteiger partial charge is 0.296 e. The molecule has 3 aromatic rings. The molecule has 214 valence electrons. The summed E-state index contributed by atoms with van der Waals surface area (Å²) in [4.78, 5) is -0.125. The van der Waals surface area contributed by atoms with Crippen molar-refractivity contribution in [3.05, 3.63) is 83.4 Å². The molecule has 40 heavy (non-hydrogen) atoms. The monoisotopic (exact) mass is 594 g/mol. The number of methoxy groups -OCH3 is 1. The molecule has 5 rings (SSSR count). The minimum atomic E-state index is -4.38. The van der Waals surface area contributed by atoms with Crippen LogP contribution >= 0.6 is 0 Å². The highest BCUT2D eigenvalue weighted by Gasteiger charge is 2.61. The Morgan fingerprint density at radius 1 is 0.925 bits per heavy atom. The summed E-state index contributed by atoms with van der Waals surface area (Å²) < 4.78 is 104. The molecule has 0 aromatic heterocycles. The number of ether oxygens (including phenoxy) is 3. The van der Waals surface area contributed by atoms with Crippen LogP contribution in [0.25, 0.3) is 0 Å². The van der Waals surface area contributed by atoms with Gasteiger partial charge in [0.1, 0.15) is 16.3 Å². The molecule has 0 radical (unpaired) electrons. The Balaban J connectivity index is 1.52. The third kappa shape index (κ3) is 4.76. The Kier molecular flexibility index (Phi) is 7.64. The van der Waals surface area contributed by atoms with Crippen molar-refractivity contribution in [3.63, 3.8) is 0 Å². The average molecular weight is 595 g/mol. The molecule has 2 heterocycles. The first-order valence-electron chi connectivity index (χ1n) is 12.6. The van der Waals surface area contributed by atoms with Gasteiger partial charge in [0.2, 0.25) is 0 Å². The normalized spacial score (nSPS) is 22.6. The predicted octanol–water partition coefficient (Wildman–Crippen LogP) is 4.54. The average Bonchev–Trinajstić information content (AvgIpc) is 2.94. The van der Waals surface area contributed by atoms with E-state index in [0.717, 1.165) is 17.7 Å². The highest BCUT2D eigenvalue weighted by Crippen LogP contribution is 2.56. The fraction of sp³-hybridized carbons (Fsp3) is 0.357. The summed E-state index contributed by atoms with van der Waals surface area (Å²) in [5.41, 5.74) is 0.492. The van der Waals surface area contributed by atoms with E-state index in [4.69, 9.17) is 18.4 Å². The number of sulfone groups is 1. The third-order valence-corrected chi connectivity index (χ3v) is 11.4. The zero-order chi connectivity index (χ0) is 28.7. The second-order valence-electron chi connectivity index (χ2n) is 9.76. The molecule has 0 N–H and O–H groups in total. The number of hydrogen-bond donors (Lipinski definition) is 0. The van der Waals surface area contributed by atoms with Gasteiger partial charge in [0, 0.05) is 12.5 Å². The lowest BCUT2D eigenvalue weighted by Crippen LogP contribution is -2.57. The van der Waals surface area contributed by atoms with Crippen molar-refractivity contribution in [2.24, 2.45) is 5.92 Å². The van der Waals surface area contributed by atoms with Crippen molar-refractivity contribution < 1.29 is 44.0 Å². The maximum Gasteiger partial charge on any atom is 0.296 e. The number of rotatable bonds is 8. The lowest BCUT2D eigenvalue weighted by molar-refractivity contribution is -0.0793. The minimum absolute atomic E-state index is 0.0217. The number of benzene rings is 3. The topological polar surface area (TPSA) is 105 Å². The van der Waals surface area contributed by atoms with E-state index in [2.05, 4.69) is 0 Å². The van der Waals surface area contributed by atoms with Gasteiger partial charge in [-0.2, -0.15) is 8.42 Å². The molecule has 0 saturated carbocycles. The molecule has 0 bridgehead atoms. The van der Waals surface area contributed by atoms with Crippen LogP contribution in [0, 0.1) is 24.5 Å². The van der Waals surface area contributed by atoms with Crippen molar-refractivity contribution in [2.45, 2.75) is 40.4 Å². The minimum Gasteiger partial charge on any atom is -0.497 e. The summed E-state index contributed by atoms with van der Waals surface area (Å²) in [5.74, 6) is -2.82. The molecule has 12 heteroatoms. The first-order chi connectivity index (χ1) is 19.0. The van der Waals surface area contributed by atoms with Crippen molar-refractivity contribution in [3.8, 4) is 11.5 Å². The second-order valence-corrected chi connectivity index (χ2v) is 13.6. The number of halogens is 2. The fourth-order valence-electron chi connectivity index (χ4n) is 5.52. The van der Waals surface area contributed by atoms with E-state index < -0.39 is 54.1 Å². The maximum atomic E-state index is 15.5. The Morgan fingerprint density at radius 2 is 1.57 bits per heavy atom. The van der Waals surface area contributed by atoms with E-state index in [-0.39, 0.29) is 48.0 Å². The molecule has 0 spiro atoms. The van der Waals surface area contributed by atoms with Crippen LogP contribution < -0.4 is 9.47 Å². The van der Waals surface area contributed by atoms with Crippen molar-refractivity contribution in [1.29, 1.82) is 0 Å². The summed E-state index contributed by atoms with van der Waals surface area (Å²) in [6, 6.07) is 13.6. The molecule has 2 aliphatic rings. The van der Waals surface area contributed by atoms with Gasteiger partial charge in [0.15, 0.2) is 21.4 Å². The Bertz CT molecular complexity index is 1610. The van der Waals surface area contributed by atoms with E-state index in [1.165, 1.54) is 43.5 Å². The standard InChI is InChI=1S/C28H28F2O8S2/c1-18-3-7-21(8-4-18)40(33,34)38-15-13-25-22-17-37-27-24(30)12-11-23(29)26(27)28(22,14-16-36-25)39(31,32)20-9-5-19(35-2)6-10-20/h3-12,22,25H,13-17H2,1-2H3/t22?,25-,28-/m0/s1. The lowest BCUT2D eigenvalue weighted by Gasteiger charge is -2.50. The van der Waals surface area contributed by atoms with Gasteiger partial charge in [-0.1, -0.05) is 17.7 Å². The Morgan fingerprint density at radius 3 is 2.25 bits per heavy atom. The molecule has 1 fully saturated rings. The first kappa shape index (κ1) is 28.5. The predicted molar refractivity (Wildman–Crippen MR) is 140 cm³/mol. The number of aryl methyl sites for hydroxylation is 1. The van der Waals surface area contributed by atoms with Crippen LogP contribution in [0.2, 0.25) is 0 Å². The van der Waals surface area contributed by atoms with Crippen LogP contribution in [-0.2, 0) is 33.6 Å². The summed E-state index contributed by atoms with van der Waals surface area (Å²) in [7, 11) is -7.02. The largest absolute Gasteiger partial charge is 0.497 e. The van der Waals surface area contributed by atoms with Crippen LogP contribution in [0.5, 0.6) is 11.5 Å². The molecule has 8 nitrogen and oxygen atoms in total. The second kappa shape index (κ2) is 10.7. The van der Waals surface area contributed by atoms with Crippen LogP contribution in [-0.4, -0.2) is 49.9 Å². The van der Waals surface area contributed by atoms with E-state index in [9.17, 15) is 21.2 Å². The molecule has 3 atom stereocenters. The van der Waals surface area contributed by atoms with E-state index in [1.54, 1.807) is 12.1 Å².